The zero-order valence-corrected chi connectivity index (χ0v) is 12.4. The van der Waals surface area contributed by atoms with Crippen molar-refractivity contribution in [2.45, 2.75) is 56.0 Å². The van der Waals surface area contributed by atoms with Crippen LogP contribution in [0.25, 0.3) is 0 Å². The Kier molecular flexibility index (Phi) is 3.74. The summed E-state index contributed by atoms with van der Waals surface area (Å²) in [5, 5.41) is 3.00. The van der Waals surface area contributed by atoms with Gasteiger partial charge in [0, 0.05) is 11.1 Å². The molecule has 0 aliphatic heterocycles. The summed E-state index contributed by atoms with van der Waals surface area (Å²) in [6, 6.07) is 2.31. The van der Waals surface area contributed by atoms with Crippen LogP contribution in [0.2, 0.25) is 0 Å². The highest BCUT2D eigenvalue weighted by Crippen LogP contribution is 2.45. The summed E-state index contributed by atoms with van der Waals surface area (Å²) >= 11 is 0. The summed E-state index contributed by atoms with van der Waals surface area (Å²) in [7, 11) is 0. The molecule has 3 aliphatic carbocycles. The largest absolute Gasteiger partial charge is 0.573 e. The number of nitrogens with one attached hydrogen (secondary N) is 1. The van der Waals surface area contributed by atoms with Gasteiger partial charge in [0.25, 0.3) is 5.91 Å². The summed E-state index contributed by atoms with van der Waals surface area (Å²) in [5.74, 6) is -0.828. The SMILES string of the molecule is NC12CCC(NC(=O)c3ccc(OC(F)(F)F)cn3)(CC1)CC2. The molecule has 2 bridgehead atoms. The van der Waals surface area contributed by atoms with E-state index in [4.69, 9.17) is 5.73 Å². The molecule has 3 N–H and O–H groups in total. The van der Waals surface area contributed by atoms with E-state index in [0.717, 1.165) is 50.8 Å². The zero-order valence-electron chi connectivity index (χ0n) is 12.4. The molecule has 1 aromatic heterocycles. The van der Waals surface area contributed by atoms with Crippen LogP contribution in [0.5, 0.6) is 5.75 Å². The van der Waals surface area contributed by atoms with E-state index in [1.807, 2.05) is 0 Å². The summed E-state index contributed by atoms with van der Waals surface area (Å²) in [4.78, 5) is 16.1. The minimum Gasteiger partial charge on any atom is -0.404 e. The number of pyridine rings is 1. The fourth-order valence-electron chi connectivity index (χ4n) is 3.42. The Bertz CT molecular complexity index is 576. The maximum Gasteiger partial charge on any atom is 0.573 e. The lowest BCUT2D eigenvalue weighted by molar-refractivity contribution is -0.274. The Morgan fingerprint density at radius 2 is 1.78 bits per heavy atom. The number of fused-ring (bicyclic) bond motifs is 3. The fourth-order valence-corrected chi connectivity index (χ4v) is 3.42. The molecule has 1 aromatic rings. The van der Waals surface area contributed by atoms with Crippen LogP contribution in [0.3, 0.4) is 0 Å². The number of nitrogens with two attached hydrogens (primary N) is 1. The Hall–Kier alpha value is -1.83. The third kappa shape index (κ3) is 3.57. The van der Waals surface area contributed by atoms with E-state index < -0.39 is 12.1 Å². The third-order valence-electron chi connectivity index (χ3n) is 4.89. The first-order chi connectivity index (χ1) is 10.7. The molecule has 0 atom stereocenters. The van der Waals surface area contributed by atoms with Gasteiger partial charge in [0.1, 0.15) is 11.4 Å². The molecule has 5 nitrogen and oxygen atoms in total. The monoisotopic (exact) mass is 329 g/mol. The molecule has 3 saturated carbocycles. The molecule has 0 saturated heterocycles. The highest BCUT2D eigenvalue weighted by Gasteiger charge is 2.47. The highest BCUT2D eigenvalue weighted by atomic mass is 19.4. The van der Waals surface area contributed by atoms with Crippen LogP contribution in [-0.2, 0) is 0 Å². The molecule has 4 rings (SSSR count). The molecule has 8 heteroatoms. The van der Waals surface area contributed by atoms with Gasteiger partial charge in [-0.2, -0.15) is 0 Å². The van der Waals surface area contributed by atoms with Gasteiger partial charge in [-0.3, -0.25) is 4.79 Å². The van der Waals surface area contributed by atoms with Crippen LogP contribution in [-0.4, -0.2) is 28.3 Å². The summed E-state index contributed by atoms with van der Waals surface area (Å²) in [6.45, 7) is 0. The Labute approximate surface area is 131 Å². The molecule has 3 fully saturated rings. The second-order valence-electron chi connectivity index (χ2n) is 6.52. The fraction of sp³-hybridized carbons (Fsp3) is 0.600. The molecular formula is C15H18F3N3O2. The Morgan fingerprint density at radius 1 is 1.17 bits per heavy atom. The molecule has 3 aliphatic rings. The lowest BCUT2D eigenvalue weighted by atomic mass is 9.62. The number of nitrogens with zero attached hydrogens (tertiary/aromatic N) is 1. The van der Waals surface area contributed by atoms with Gasteiger partial charge in [0.15, 0.2) is 0 Å². The van der Waals surface area contributed by atoms with Crippen molar-refractivity contribution in [2.24, 2.45) is 5.73 Å². The van der Waals surface area contributed by atoms with Crippen LogP contribution in [0.15, 0.2) is 18.3 Å². The smallest absolute Gasteiger partial charge is 0.404 e. The van der Waals surface area contributed by atoms with Crippen LogP contribution in [0, 0.1) is 0 Å². The number of ether oxygens (including phenoxy) is 1. The van der Waals surface area contributed by atoms with Gasteiger partial charge in [0.2, 0.25) is 0 Å². The number of amides is 1. The van der Waals surface area contributed by atoms with Crippen molar-refractivity contribution in [2.75, 3.05) is 0 Å². The van der Waals surface area contributed by atoms with E-state index in [0.29, 0.717) is 0 Å². The molecule has 0 aromatic carbocycles. The quantitative estimate of drug-likeness (QED) is 0.893. The van der Waals surface area contributed by atoms with Crippen LogP contribution < -0.4 is 15.8 Å². The predicted octanol–water partition coefficient (Wildman–Crippen LogP) is 2.51. The van der Waals surface area contributed by atoms with Crippen molar-refractivity contribution in [3.05, 3.63) is 24.0 Å². The first kappa shape index (κ1) is 16.0. The number of halogens is 3. The highest BCUT2D eigenvalue weighted by molar-refractivity contribution is 5.92. The van der Waals surface area contributed by atoms with Gasteiger partial charge >= 0.3 is 6.36 Å². The third-order valence-corrected chi connectivity index (χ3v) is 4.89. The number of carbonyl (C=O) groups excluding carboxylic acids is 1. The van der Waals surface area contributed by atoms with Gasteiger partial charge in [-0.1, -0.05) is 0 Å². The van der Waals surface area contributed by atoms with Gasteiger partial charge in [-0.15, -0.1) is 13.2 Å². The summed E-state index contributed by atoms with van der Waals surface area (Å²) in [6.07, 6.45) is 1.22. The van der Waals surface area contributed by atoms with E-state index in [1.54, 1.807) is 0 Å². The average molecular weight is 329 g/mol. The van der Waals surface area contributed by atoms with Crippen LogP contribution in [0.1, 0.15) is 49.0 Å². The predicted molar refractivity (Wildman–Crippen MR) is 75.7 cm³/mol. The van der Waals surface area contributed by atoms with Crippen LogP contribution in [0.4, 0.5) is 13.2 Å². The number of hydrogen-bond donors (Lipinski definition) is 2. The van der Waals surface area contributed by atoms with Crippen LogP contribution >= 0.6 is 0 Å². The second-order valence-corrected chi connectivity index (χ2v) is 6.52. The molecule has 0 unspecified atom stereocenters. The van der Waals surface area contributed by atoms with E-state index in [1.165, 1.54) is 6.07 Å². The lowest BCUT2D eigenvalue weighted by Gasteiger charge is -2.52. The van der Waals surface area contributed by atoms with Crippen molar-refractivity contribution in [1.82, 2.24) is 10.3 Å². The number of alkyl halides is 3. The molecule has 126 valence electrons. The zero-order chi connectivity index (χ0) is 16.7. The van der Waals surface area contributed by atoms with Gasteiger partial charge < -0.3 is 15.8 Å². The van der Waals surface area contributed by atoms with Crippen molar-refractivity contribution in [1.29, 1.82) is 0 Å². The van der Waals surface area contributed by atoms with Crippen molar-refractivity contribution >= 4 is 5.91 Å². The molecule has 0 radical (unpaired) electrons. The maximum atomic E-state index is 12.3. The average Bonchev–Trinajstić information content (AvgIpc) is 2.48. The normalized spacial score (nSPS) is 30.1. The molecule has 1 heterocycles. The topological polar surface area (TPSA) is 77.2 Å². The first-order valence-corrected chi connectivity index (χ1v) is 7.52. The lowest BCUT2D eigenvalue weighted by Crippen LogP contribution is -2.61. The molecule has 0 spiro atoms. The maximum absolute atomic E-state index is 12.3. The minimum absolute atomic E-state index is 0.0732. The van der Waals surface area contributed by atoms with E-state index >= 15 is 0 Å². The minimum atomic E-state index is -4.77. The first-order valence-electron chi connectivity index (χ1n) is 7.52. The second kappa shape index (κ2) is 5.36. The molecule has 23 heavy (non-hydrogen) atoms. The Morgan fingerprint density at radius 3 is 2.26 bits per heavy atom. The van der Waals surface area contributed by atoms with Gasteiger partial charge in [-0.05, 0) is 50.7 Å². The molecular weight excluding hydrogens is 311 g/mol. The van der Waals surface area contributed by atoms with Crippen molar-refractivity contribution in [3.63, 3.8) is 0 Å². The van der Waals surface area contributed by atoms with E-state index in [-0.39, 0.29) is 22.7 Å². The number of hydrogen-bond acceptors (Lipinski definition) is 4. The summed E-state index contributed by atoms with van der Waals surface area (Å²) in [5.41, 5.74) is 5.95. The summed E-state index contributed by atoms with van der Waals surface area (Å²) < 4.78 is 40.0. The van der Waals surface area contributed by atoms with Crippen molar-refractivity contribution in [3.8, 4) is 5.75 Å². The molecule has 1 amide bonds. The van der Waals surface area contributed by atoms with E-state index in [2.05, 4.69) is 15.0 Å². The number of carbonyl (C=O) groups is 1. The van der Waals surface area contributed by atoms with Gasteiger partial charge in [-0.25, -0.2) is 4.98 Å². The van der Waals surface area contributed by atoms with Gasteiger partial charge in [0.05, 0.1) is 6.20 Å². The van der Waals surface area contributed by atoms with E-state index in [9.17, 15) is 18.0 Å². The standard InChI is InChI=1S/C15H18F3N3O2/c16-15(17,18)23-10-1-2-11(20-9-10)12(22)21-14-6-3-13(19,4-7-14)5-8-14/h1-2,9H,3-8,19H2,(H,21,22). The Balaban J connectivity index is 1.65. The number of aromatic nitrogens is 1. The van der Waals surface area contributed by atoms with Crippen molar-refractivity contribution < 1.29 is 22.7 Å². The number of rotatable bonds is 3.